The van der Waals surface area contributed by atoms with Crippen molar-refractivity contribution in [2.45, 2.75) is 52.4 Å². The third-order valence-electron chi connectivity index (χ3n) is 2.79. The van der Waals surface area contributed by atoms with Gasteiger partial charge in [0, 0.05) is 6.42 Å². The van der Waals surface area contributed by atoms with Gasteiger partial charge in [0.1, 0.15) is 0 Å². The second kappa shape index (κ2) is 10.1. The molecule has 0 radical (unpaired) electrons. The number of carbonyl (C=O) groups is 2. The lowest BCUT2D eigenvalue weighted by Crippen LogP contribution is -2.18. The molecule has 0 aliphatic carbocycles. The van der Waals surface area contributed by atoms with E-state index in [-0.39, 0.29) is 19.0 Å². The van der Waals surface area contributed by atoms with Crippen molar-refractivity contribution >= 4 is 11.9 Å². The highest BCUT2D eigenvalue weighted by atomic mass is 16.4. The van der Waals surface area contributed by atoms with Crippen LogP contribution in [0.2, 0.25) is 0 Å². The lowest BCUT2D eigenvalue weighted by Gasteiger charge is -2.16. The fourth-order valence-electron chi connectivity index (χ4n) is 1.80. The first kappa shape index (κ1) is 18.3. The van der Waals surface area contributed by atoms with E-state index < -0.39 is 17.9 Å². The normalized spacial score (nSPS) is 13.5. The number of rotatable bonds is 9. The molecule has 0 saturated carbocycles. The standard InChI is InChI=1S/C12H22O4.H3N/c1-3-4-5-9(2)8-10(12(15)16)6-7-11(13)14;/h9-10H,3-8H2,1-2H3,(H,13,14)(H,15,16);1H3. The van der Waals surface area contributed by atoms with Crippen molar-refractivity contribution in [3.8, 4) is 0 Å². The van der Waals surface area contributed by atoms with Crippen LogP contribution in [0, 0.1) is 11.8 Å². The molecule has 0 aliphatic heterocycles. The molecular formula is C12H25NO4. The van der Waals surface area contributed by atoms with Gasteiger partial charge in [-0.2, -0.15) is 0 Å². The molecule has 0 heterocycles. The predicted molar refractivity (Wildman–Crippen MR) is 66.3 cm³/mol. The minimum atomic E-state index is -0.924. The summed E-state index contributed by atoms with van der Waals surface area (Å²) in [5, 5.41) is 17.5. The minimum Gasteiger partial charge on any atom is -0.481 e. The van der Waals surface area contributed by atoms with E-state index in [0.29, 0.717) is 12.3 Å². The summed E-state index contributed by atoms with van der Waals surface area (Å²) in [7, 11) is 0. The number of unbranched alkanes of at least 4 members (excludes halogenated alkanes) is 1. The zero-order valence-electron chi connectivity index (χ0n) is 10.8. The molecule has 0 fully saturated rings. The SMILES string of the molecule is CCCCC(C)CC(CCC(=O)O)C(=O)O.N. The van der Waals surface area contributed by atoms with E-state index in [9.17, 15) is 9.59 Å². The third-order valence-corrected chi connectivity index (χ3v) is 2.79. The van der Waals surface area contributed by atoms with Gasteiger partial charge in [-0.25, -0.2) is 0 Å². The molecule has 0 aliphatic rings. The van der Waals surface area contributed by atoms with Gasteiger partial charge < -0.3 is 16.4 Å². The fraction of sp³-hybridized carbons (Fsp3) is 0.833. The number of hydrogen-bond acceptors (Lipinski definition) is 3. The first-order valence-electron chi connectivity index (χ1n) is 5.92. The molecule has 0 rings (SSSR count). The quantitative estimate of drug-likeness (QED) is 0.580. The third kappa shape index (κ3) is 9.81. The Bertz CT molecular complexity index is 231. The van der Waals surface area contributed by atoms with Crippen molar-refractivity contribution in [2.24, 2.45) is 11.8 Å². The summed E-state index contributed by atoms with van der Waals surface area (Å²) in [4.78, 5) is 21.3. The molecule has 5 nitrogen and oxygen atoms in total. The van der Waals surface area contributed by atoms with Gasteiger partial charge in [-0.3, -0.25) is 9.59 Å². The second-order valence-corrected chi connectivity index (χ2v) is 4.45. The van der Waals surface area contributed by atoms with Crippen molar-refractivity contribution < 1.29 is 19.8 Å². The van der Waals surface area contributed by atoms with Crippen molar-refractivity contribution in [3.05, 3.63) is 0 Å². The molecule has 17 heavy (non-hydrogen) atoms. The van der Waals surface area contributed by atoms with Crippen LogP contribution in [0.3, 0.4) is 0 Å². The van der Waals surface area contributed by atoms with Crippen molar-refractivity contribution in [1.82, 2.24) is 6.15 Å². The lowest BCUT2D eigenvalue weighted by molar-refractivity contribution is -0.143. The largest absolute Gasteiger partial charge is 0.481 e. The molecule has 5 N–H and O–H groups in total. The first-order valence-corrected chi connectivity index (χ1v) is 5.92. The summed E-state index contributed by atoms with van der Waals surface area (Å²) < 4.78 is 0. The predicted octanol–water partition coefficient (Wildman–Crippen LogP) is 2.93. The Balaban J connectivity index is 0. The van der Waals surface area contributed by atoms with Crippen LogP contribution in [0.25, 0.3) is 0 Å². The zero-order chi connectivity index (χ0) is 12.6. The smallest absolute Gasteiger partial charge is 0.306 e. The van der Waals surface area contributed by atoms with Crippen molar-refractivity contribution in [1.29, 1.82) is 0 Å². The molecule has 2 unspecified atom stereocenters. The van der Waals surface area contributed by atoms with Gasteiger partial charge in [0.25, 0.3) is 0 Å². The van der Waals surface area contributed by atoms with E-state index in [1.54, 1.807) is 0 Å². The molecular weight excluding hydrogens is 222 g/mol. The second-order valence-electron chi connectivity index (χ2n) is 4.45. The first-order chi connectivity index (χ1) is 7.47. The van der Waals surface area contributed by atoms with E-state index in [2.05, 4.69) is 6.92 Å². The Morgan fingerprint density at radius 2 is 1.76 bits per heavy atom. The molecule has 0 amide bonds. The maximum atomic E-state index is 10.9. The zero-order valence-corrected chi connectivity index (χ0v) is 10.8. The van der Waals surface area contributed by atoms with Gasteiger partial charge in [0.2, 0.25) is 0 Å². The summed E-state index contributed by atoms with van der Waals surface area (Å²) in [5.41, 5.74) is 0. The topological polar surface area (TPSA) is 110 Å². The molecule has 0 aromatic rings. The lowest BCUT2D eigenvalue weighted by atomic mass is 9.89. The van der Waals surface area contributed by atoms with Gasteiger partial charge >= 0.3 is 11.9 Å². The number of hydrogen-bond donors (Lipinski definition) is 3. The van der Waals surface area contributed by atoms with Crippen molar-refractivity contribution in [2.75, 3.05) is 0 Å². The molecule has 2 atom stereocenters. The van der Waals surface area contributed by atoms with E-state index in [1.165, 1.54) is 0 Å². The van der Waals surface area contributed by atoms with E-state index in [1.807, 2.05) is 6.92 Å². The maximum absolute atomic E-state index is 10.9. The summed E-state index contributed by atoms with van der Waals surface area (Å²) in [5.74, 6) is -1.95. The highest BCUT2D eigenvalue weighted by Gasteiger charge is 2.20. The Morgan fingerprint density at radius 3 is 2.18 bits per heavy atom. The average molecular weight is 247 g/mol. The molecule has 0 saturated heterocycles. The Morgan fingerprint density at radius 1 is 1.18 bits per heavy atom. The van der Waals surface area contributed by atoms with Crippen LogP contribution in [0.5, 0.6) is 0 Å². The summed E-state index contributed by atoms with van der Waals surface area (Å²) in [6.07, 6.45) is 4.00. The summed E-state index contributed by atoms with van der Waals surface area (Å²) >= 11 is 0. The minimum absolute atomic E-state index is 0. The summed E-state index contributed by atoms with van der Waals surface area (Å²) in [6, 6.07) is 0. The molecule has 0 spiro atoms. The van der Waals surface area contributed by atoms with Crippen LogP contribution in [0.1, 0.15) is 52.4 Å². The van der Waals surface area contributed by atoms with Crippen LogP contribution in [-0.4, -0.2) is 22.2 Å². The van der Waals surface area contributed by atoms with Gasteiger partial charge in [-0.15, -0.1) is 0 Å². The number of carboxylic acid groups (broad SMARTS) is 2. The van der Waals surface area contributed by atoms with Crippen LogP contribution >= 0.6 is 0 Å². The van der Waals surface area contributed by atoms with Crippen LogP contribution in [0.15, 0.2) is 0 Å². The fourth-order valence-corrected chi connectivity index (χ4v) is 1.80. The van der Waals surface area contributed by atoms with E-state index in [4.69, 9.17) is 10.2 Å². The van der Waals surface area contributed by atoms with Crippen LogP contribution < -0.4 is 6.15 Å². The van der Waals surface area contributed by atoms with Crippen molar-refractivity contribution in [3.63, 3.8) is 0 Å². The highest BCUT2D eigenvalue weighted by Crippen LogP contribution is 2.21. The highest BCUT2D eigenvalue weighted by molar-refractivity contribution is 5.72. The van der Waals surface area contributed by atoms with Gasteiger partial charge in [-0.1, -0.05) is 33.1 Å². The molecule has 0 aromatic heterocycles. The molecule has 5 heteroatoms. The van der Waals surface area contributed by atoms with Gasteiger partial charge in [0.15, 0.2) is 0 Å². The Hall–Kier alpha value is -1.10. The number of carboxylic acids is 2. The summed E-state index contributed by atoms with van der Waals surface area (Å²) in [6.45, 7) is 4.14. The monoisotopic (exact) mass is 247 g/mol. The van der Waals surface area contributed by atoms with Crippen LogP contribution in [0.4, 0.5) is 0 Å². The molecule has 0 aromatic carbocycles. The van der Waals surface area contributed by atoms with E-state index >= 15 is 0 Å². The Labute approximate surface area is 103 Å². The maximum Gasteiger partial charge on any atom is 0.306 e. The molecule has 102 valence electrons. The Kier molecular flexibility index (Phi) is 10.8. The average Bonchev–Trinajstić information content (AvgIpc) is 2.20. The van der Waals surface area contributed by atoms with Crippen LogP contribution in [-0.2, 0) is 9.59 Å². The number of aliphatic carboxylic acids is 2. The van der Waals surface area contributed by atoms with Gasteiger partial charge in [-0.05, 0) is 18.8 Å². The molecule has 0 bridgehead atoms. The van der Waals surface area contributed by atoms with E-state index in [0.717, 1.165) is 19.3 Å². The van der Waals surface area contributed by atoms with Gasteiger partial charge in [0.05, 0.1) is 5.92 Å².